The second-order valence-corrected chi connectivity index (χ2v) is 9.20. The van der Waals surface area contributed by atoms with Crippen LogP contribution in [0.15, 0.2) is 53.9 Å². The minimum atomic E-state index is -1.02. The lowest BCUT2D eigenvalue weighted by Crippen LogP contribution is -2.47. The lowest BCUT2D eigenvalue weighted by molar-refractivity contribution is -0.135. The second-order valence-electron chi connectivity index (χ2n) is 8.20. The predicted molar refractivity (Wildman–Crippen MR) is 120 cm³/mol. The molecule has 2 heterocycles. The lowest BCUT2D eigenvalue weighted by Gasteiger charge is -2.31. The summed E-state index contributed by atoms with van der Waals surface area (Å²) in [5.74, 6) is -0.688. The molecular weight excluding hydrogens is 410 g/mol. The average molecular weight is 434 g/mol. The number of nitrogens with zero attached hydrogens (tertiary/aromatic N) is 1. The van der Waals surface area contributed by atoms with Crippen LogP contribution in [0.2, 0.25) is 0 Å². The van der Waals surface area contributed by atoms with Crippen molar-refractivity contribution in [3.63, 3.8) is 0 Å². The number of carbonyl (C=O) groups is 3. The van der Waals surface area contributed by atoms with Crippen molar-refractivity contribution in [1.29, 1.82) is 0 Å². The highest BCUT2D eigenvalue weighted by atomic mass is 32.1. The van der Waals surface area contributed by atoms with Crippen LogP contribution in [0.25, 0.3) is 10.8 Å². The third-order valence-electron chi connectivity index (χ3n) is 6.31. The summed E-state index contributed by atoms with van der Waals surface area (Å²) in [7, 11) is 0. The van der Waals surface area contributed by atoms with Crippen LogP contribution in [0.3, 0.4) is 0 Å². The van der Waals surface area contributed by atoms with Crippen molar-refractivity contribution < 1.29 is 14.4 Å². The van der Waals surface area contributed by atoms with E-state index in [1.54, 1.807) is 11.3 Å². The van der Waals surface area contributed by atoms with Crippen LogP contribution in [0.5, 0.6) is 0 Å². The zero-order chi connectivity index (χ0) is 21.6. The van der Waals surface area contributed by atoms with Gasteiger partial charge in [-0.1, -0.05) is 42.5 Å². The highest BCUT2D eigenvalue weighted by Gasteiger charge is 2.54. The highest BCUT2D eigenvalue weighted by molar-refractivity contribution is 7.10. The molecule has 2 aromatic carbocycles. The van der Waals surface area contributed by atoms with E-state index >= 15 is 0 Å². The first kappa shape index (κ1) is 19.8. The van der Waals surface area contributed by atoms with Gasteiger partial charge in [0, 0.05) is 10.4 Å². The number of urea groups is 1. The topological polar surface area (TPSA) is 78.5 Å². The van der Waals surface area contributed by atoms with Gasteiger partial charge in [-0.2, -0.15) is 0 Å². The number of aryl methyl sites for hydroxylation is 1. The molecule has 0 radical (unpaired) electrons. The number of hydrogen-bond donors (Lipinski definition) is 2. The van der Waals surface area contributed by atoms with Gasteiger partial charge in [-0.3, -0.25) is 14.5 Å². The zero-order valence-electron chi connectivity index (χ0n) is 17.2. The maximum atomic E-state index is 13.3. The molecule has 2 N–H and O–H groups in total. The molecule has 1 aromatic heterocycles. The van der Waals surface area contributed by atoms with Gasteiger partial charge in [-0.15, -0.1) is 11.3 Å². The Bertz CT molecular complexity index is 1200. The number of nitrogens with one attached hydrogen (secondary N) is 2. The van der Waals surface area contributed by atoms with E-state index < -0.39 is 11.6 Å². The number of imide groups is 1. The van der Waals surface area contributed by atoms with Gasteiger partial charge in [0.2, 0.25) is 5.91 Å². The minimum absolute atomic E-state index is 0.258. The predicted octanol–water partition coefficient (Wildman–Crippen LogP) is 3.86. The SMILES string of the molecule is C[C@@H](NC(=O)CN1C(=O)N[C@]2(CCCc3sccc32)C1=O)c1cccc2ccccc12. The van der Waals surface area contributed by atoms with Crippen LogP contribution in [0, 0.1) is 0 Å². The van der Waals surface area contributed by atoms with Gasteiger partial charge in [0.15, 0.2) is 0 Å². The number of rotatable bonds is 4. The molecule has 0 saturated carbocycles. The summed E-state index contributed by atoms with van der Waals surface area (Å²) in [6.07, 6.45) is 2.31. The van der Waals surface area contributed by atoms with Gasteiger partial charge in [0.05, 0.1) is 6.04 Å². The van der Waals surface area contributed by atoms with Crippen molar-refractivity contribution in [2.75, 3.05) is 6.54 Å². The van der Waals surface area contributed by atoms with E-state index in [-0.39, 0.29) is 24.4 Å². The lowest BCUT2D eigenvalue weighted by atomic mass is 9.80. The van der Waals surface area contributed by atoms with E-state index in [1.807, 2.05) is 60.8 Å². The summed E-state index contributed by atoms with van der Waals surface area (Å²) in [5.41, 5.74) is 0.857. The summed E-state index contributed by atoms with van der Waals surface area (Å²) < 4.78 is 0. The average Bonchev–Trinajstić information content (AvgIpc) is 3.34. The Morgan fingerprint density at radius 1 is 1.19 bits per heavy atom. The number of carbonyl (C=O) groups excluding carboxylic acids is 3. The van der Waals surface area contributed by atoms with Crippen molar-refractivity contribution in [3.05, 3.63) is 69.9 Å². The molecule has 1 spiro atoms. The molecule has 3 aromatic rings. The summed E-state index contributed by atoms with van der Waals surface area (Å²) >= 11 is 1.61. The first-order chi connectivity index (χ1) is 15.0. The quantitative estimate of drug-likeness (QED) is 0.613. The van der Waals surface area contributed by atoms with Gasteiger partial charge in [-0.25, -0.2) is 4.79 Å². The normalized spacial score (nSPS) is 21.3. The van der Waals surface area contributed by atoms with E-state index in [0.29, 0.717) is 6.42 Å². The van der Waals surface area contributed by atoms with E-state index in [9.17, 15) is 14.4 Å². The highest BCUT2D eigenvalue weighted by Crippen LogP contribution is 2.42. The molecule has 0 bridgehead atoms. The first-order valence-electron chi connectivity index (χ1n) is 10.5. The number of thiophene rings is 1. The molecule has 31 heavy (non-hydrogen) atoms. The summed E-state index contributed by atoms with van der Waals surface area (Å²) in [6, 6.07) is 15.1. The molecule has 1 aliphatic heterocycles. The number of amides is 4. The van der Waals surface area contributed by atoms with Crippen LogP contribution >= 0.6 is 11.3 Å². The summed E-state index contributed by atoms with van der Waals surface area (Å²) in [6.45, 7) is 1.62. The fourth-order valence-electron chi connectivity index (χ4n) is 4.82. The fourth-order valence-corrected chi connectivity index (χ4v) is 5.82. The molecule has 4 amide bonds. The number of fused-ring (bicyclic) bond motifs is 3. The first-order valence-corrected chi connectivity index (χ1v) is 11.4. The number of hydrogen-bond acceptors (Lipinski definition) is 4. The minimum Gasteiger partial charge on any atom is -0.348 e. The summed E-state index contributed by atoms with van der Waals surface area (Å²) in [5, 5.41) is 9.96. The molecule has 1 aliphatic carbocycles. The van der Waals surface area contributed by atoms with Crippen LogP contribution < -0.4 is 10.6 Å². The van der Waals surface area contributed by atoms with Gasteiger partial charge < -0.3 is 10.6 Å². The Morgan fingerprint density at radius 3 is 2.87 bits per heavy atom. The Labute approximate surface area is 184 Å². The largest absolute Gasteiger partial charge is 0.348 e. The van der Waals surface area contributed by atoms with Gasteiger partial charge in [0.25, 0.3) is 5.91 Å². The third kappa shape index (κ3) is 3.20. The van der Waals surface area contributed by atoms with Crippen LogP contribution in [-0.2, 0) is 21.5 Å². The Balaban J connectivity index is 1.33. The van der Waals surface area contributed by atoms with Gasteiger partial charge in [0.1, 0.15) is 12.1 Å². The monoisotopic (exact) mass is 433 g/mol. The smallest absolute Gasteiger partial charge is 0.325 e. The molecule has 2 atom stereocenters. The number of benzene rings is 2. The van der Waals surface area contributed by atoms with Crippen molar-refractivity contribution in [2.24, 2.45) is 0 Å². The zero-order valence-corrected chi connectivity index (χ0v) is 18.0. The molecule has 5 rings (SSSR count). The molecule has 7 heteroatoms. The Morgan fingerprint density at radius 2 is 2.00 bits per heavy atom. The van der Waals surface area contributed by atoms with E-state index in [0.717, 1.165) is 44.5 Å². The van der Waals surface area contributed by atoms with E-state index in [4.69, 9.17) is 0 Å². The Kier molecular flexibility index (Phi) is 4.78. The van der Waals surface area contributed by atoms with Crippen LogP contribution in [-0.4, -0.2) is 29.3 Å². The van der Waals surface area contributed by atoms with Crippen LogP contribution in [0.1, 0.15) is 41.8 Å². The molecule has 0 unspecified atom stereocenters. The van der Waals surface area contributed by atoms with Crippen molar-refractivity contribution in [1.82, 2.24) is 15.5 Å². The van der Waals surface area contributed by atoms with Crippen molar-refractivity contribution in [3.8, 4) is 0 Å². The summed E-state index contributed by atoms with van der Waals surface area (Å²) in [4.78, 5) is 40.9. The standard InChI is InChI=1S/C24H23N3O3S/c1-15(17-9-4-7-16-6-2-3-8-18(16)17)25-21(28)14-27-22(29)24(26-23(27)30)12-5-10-20-19(24)11-13-31-20/h2-4,6-9,11,13,15H,5,10,12,14H2,1H3,(H,25,28)(H,26,30)/t15-,24+/m1/s1. The Hall–Kier alpha value is -3.19. The third-order valence-corrected chi connectivity index (χ3v) is 7.29. The molecule has 2 aliphatic rings. The molecule has 1 saturated heterocycles. The maximum absolute atomic E-state index is 13.3. The van der Waals surface area contributed by atoms with Crippen molar-refractivity contribution >= 4 is 40.0 Å². The van der Waals surface area contributed by atoms with Crippen molar-refractivity contribution in [2.45, 2.75) is 37.8 Å². The fraction of sp³-hybridized carbons (Fsp3) is 0.292. The second kappa shape index (κ2) is 7.50. The van der Waals surface area contributed by atoms with Gasteiger partial charge in [-0.05, 0) is 54.0 Å². The molecule has 6 nitrogen and oxygen atoms in total. The molecule has 1 fully saturated rings. The van der Waals surface area contributed by atoms with E-state index in [2.05, 4.69) is 10.6 Å². The molecule has 158 valence electrons. The van der Waals surface area contributed by atoms with E-state index in [1.165, 1.54) is 0 Å². The molecular formula is C24H23N3O3S. The maximum Gasteiger partial charge on any atom is 0.325 e. The van der Waals surface area contributed by atoms with Gasteiger partial charge >= 0.3 is 6.03 Å². The van der Waals surface area contributed by atoms with Crippen LogP contribution in [0.4, 0.5) is 4.79 Å².